The quantitative estimate of drug-likeness (QED) is 0.897. The zero-order chi connectivity index (χ0) is 16.8. The molecule has 0 fully saturated rings. The molecule has 1 aromatic carbocycles. The van der Waals surface area contributed by atoms with Crippen LogP contribution in [0, 0.1) is 11.3 Å². The number of hydrogen-bond donors (Lipinski definition) is 1. The van der Waals surface area contributed by atoms with Gasteiger partial charge in [-0.2, -0.15) is 5.26 Å². The van der Waals surface area contributed by atoms with Crippen molar-refractivity contribution in [1.29, 1.82) is 5.26 Å². The lowest BCUT2D eigenvalue weighted by atomic mass is 10.1. The van der Waals surface area contributed by atoms with E-state index in [9.17, 15) is 9.59 Å². The van der Waals surface area contributed by atoms with Gasteiger partial charge in [0, 0.05) is 19.2 Å². The third kappa shape index (κ3) is 4.31. The first kappa shape index (κ1) is 17.0. The standard InChI is InChI=1S/C16H14ClN3O2S/c1-20(8-3-7-18)16(22)11-5-6-12(17)13(10-11)19-15(21)14-4-2-9-23-14/h2,4-6,9-10H,3,8H2,1H3,(H,19,21). The highest BCUT2D eigenvalue weighted by Gasteiger charge is 2.15. The minimum absolute atomic E-state index is 0.233. The highest BCUT2D eigenvalue weighted by molar-refractivity contribution is 7.12. The molecule has 0 saturated carbocycles. The molecule has 0 unspecified atom stereocenters. The maximum absolute atomic E-state index is 12.3. The summed E-state index contributed by atoms with van der Waals surface area (Å²) in [5.74, 6) is -0.507. The molecule has 0 aliphatic carbocycles. The number of nitrogens with zero attached hydrogens (tertiary/aromatic N) is 2. The number of amides is 2. The maximum Gasteiger partial charge on any atom is 0.265 e. The summed E-state index contributed by atoms with van der Waals surface area (Å²) in [5, 5.41) is 13.5. The molecule has 1 aromatic heterocycles. The number of hydrogen-bond acceptors (Lipinski definition) is 4. The first-order valence-electron chi connectivity index (χ1n) is 6.79. The van der Waals surface area contributed by atoms with E-state index in [1.165, 1.54) is 16.2 Å². The molecule has 0 atom stereocenters. The van der Waals surface area contributed by atoms with E-state index in [-0.39, 0.29) is 18.2 Å². The minimum atomic E-state index is -0.274. The van der Waals surface area contributed by atoms with Crippen LogP contribution in [0.3, 0.4) is 0 Å². The highest BCUT2D eigenvalue weighted by atomic mass is 35.5. The molecule has 0 saturated heterocycles. The fourth-order valence-electron chi connectivity index (χ4n) is 1.89. The van der Waals surface area contributed by atoms with Gasteiger partial charge in [-0.1, -0.05) is 17.7 Å². The second-order valence-electron chi connectivity index (χ2n) is 4.76. The van der Waals surface area contributed by atoms with E-state index in [1.54, 1.807) is 42.8 Å². The number of halogens is 1. The molecule has 0 spiro atoms. The summed E-state index contributed by atoms with van der Waals surface area (Å²) < 4.78 is 0. The molecule has 1 N–H and O–H groups in total. The van der Waals surface area contributed by atoms with Crippen LogP contribution in [0.4, 0.5) is 5.69 Å². The Morgan fingerprint density at radius 1 is 1.39 bits per heavy atom. The number of carbonyl (C=O) groups is 2. The van der Waals surface area contributed by atoms with Gasteiger partial charge in [0.2, 0.25) is 0 Å². The van der Waals surface area contributed by atoms with Gasteiger partial charge >= 0.3 is 0 Å². The number of thiophene rings is 1. The van der Waals surface area contributed by atoms with Gasteiger partial charge < -0.3 is 10.2 Å². The number of anilines is 1. The second kappa shape index (κ2) is 7.77. The normalized spacial score (nSPS) is 9.96. The Morgan fingerprint density at radius 3 is 2.83 bits per heavy atom. The van der Waals surface area contributed by atoms with Crippen molar-refractivity contribution in [3.8, 4) is 6.07 Å². The number of benzene rings is 1. The summed E-state index contributed by atoms with van der Waals surface area (Å²) in [6.45, 7) is 0.342. The summed E-state index contributed by atoms with van der Waals surface area (Å²) in [6, 6.07) is 10.2. The third-order valence-electron chi connectivity index (χ3n) is 3.11. The Hall–Kier alpha value is -2.36. The average molecular weight is 348 g/mol. The van der Waals surface area contributed by atoms with Crippen LogP contribution in [0.25, 0.3) is 0 Å². The molecule has 118 valence electrons. The van der Waals surface area contributed by atoms with Crippen LogP contribution in [-0.2, 0) is 0 Å². The van der Waals surface area contributed by atoms with Gasteiger partial charge in [-0.05, 0) is 29.6 Å². The maximum atomic E-state index is 12.3. The molecule has 0 aliphatic rings. The highest BCUT2D eigenvalue weighted by Crippen LogP contribution is 2.25. The SMILES string of the molecule is CN(CCC#N)C(=O)c1ccc(Cl)c(NC(=O)c2cccs2)c1. The smallest absolute Gasteiger partial charge is 0.265 e. The van der Waals surface area contributed by atoms with Crippen molar-refractivity contribution in [2.24, 2.45) is 0 Å². The summed E-state index contributed by atoms with van der Waals surface area (Å²) in [7, 11) is 1.62. The summed E-state index contributed by atoms with van der Waals surface area (Å²) in [5.41, 5.74) is 0.779. The summed E-state index contributed by atoms with van der Waals surface area (Å²) in [4.78, 5) is 26.4. The molecule has 0 bridgehead atoms. The van der Waals surface area contributed by atoms with Gasteiger partial charge in [-0.3, -0.25) is 9.59 Å². The van der Waals surface area contributed by atoms with Crippen molar-refractivity contribution in [1.82, 2.24) is 4.90 Å². The van der Waals surface area contributed by atoms with Crippen LogP contribution >= 0.6 is 22.9 Å². The zero-order valence-corrected chi connectivity index (χ0v) is 13.9. The molecule has 2 amide bonds. The van der Waals surface area contributed by atoms with E-state index < -0.39 is 0 Å². The predicted molar refractivity (Wildman–Crippen MR) is 90.9 cm³/mol. The molecule has 0 radical (unpaired) electrons. The van der Waals surface area contributed by atoms with E-state index in [2.05, 4.69) is 5.32 Å². The van der Waals surface area contributed by atoms with Crippen molar-refractivity contribution in [2.75, 3.05) is 18.9 Å². The lowest BCUT2D eigenvalue weighted by molar-refractivity contribution is 0.0797. The van der Waals surface area contributed by atoms with Crippen molar-refractivity contribution >= 4 is 40.4 Å². The molecular weight excluding hydrogens is 334 g/mol. The second-order valence-corrected chi connectivity index (χ2v) is 6.12. The fraction of sp³-hybridized carbons (Fsp3) is 0.188. The molecule has 0 aliphatic heterocycles. The van der Waals surface area contributed by atoms with Crippen molar-refractivity contribution < 1.29 is 9.59 Å². The van der Waals surface area contributed by atoms with Gasteiger partial charge in [0.05, 0.1) is 28.1 Å². The van der Waals surface area contributed by atoms with Crippen molar-refractivity contribution in [3.63, 3.8) is 0 Å². The Bertz CT molecular complexity index is 753. The predicted octanol–water partition coefficient (Wildman–Crippen LogP) is 3.64. The van der Waals surface area contributed by atoms with Crippen LogP contribution in [0.2, 0.25) is 5.02 Å². The number of carbonyl (C=O) groups excluding carboxylic acids is 2. The van der Waals surface area contributed by atoms with E-state index >= 15 is 0 Å². The van der Waals surface area contributed by atoms with Gasteiger partial charge in [0.1, 0.15) is 0 Å². The molecule has 5 nitrogen and oxygen atoms in total. The molecule has 2 rings (SSSR count). The zero-order valence-electron chi connectivity index (χ0n) is 12.4. The van der Waals surface area contributed by atoms with E-state index in [0.717, 1.165) is 0 Å². The van der Waals surface area contributed by atoms with Gasteiger partial charge in [0.25, 0.3) is 11.8 Å². The first-order chi connectivity index (χ1) is 11.0. The van der Waals surface area contributed by atoms with Crippen molar-refractivity contribution in [2.45, 2.75) is 6.42 Å². The van der Waals surface area contributed by atoms with E-state index in [0.29, 0.717) is 27.7 Å². The van der Waals surface area contributed by atoms with Crippen molar-refractivity contribution in [3.05, 3.63) is 51.2 Å². The molecule has 23 heavy (non-hydrogen) atoms. The largest absolute Gasteiger partial charge is 0.341 e. The lowest BCUT2D eigenvalue weighted by Gasteiger charge is -2.16. The minimum Gasteiger partial charge on any atom is -0.341 e. The van der Waals surface area contributed by atoms with Gasteiger partial charge in [-0.15, -0.1) is 11.3 Å². The Balaban J connectivity index is 2.17. The van der Waals surface area contributed by atoms with E-state index in [1.807, 2.05) is 6.07 Å². The van der Waals surface area contributed by atoms with Crippen LogP contribution in [0.1, 0.15) is 26.5 Å². The number of nitrogens with one attached hydrogen (secondary N) is 1. The fourth-order valence-corrected chi connectivity index (χ4v) is 2.67. The molecule has 2 aromatic rings. The van der Waals surface area contributed by atoms with Crippen LogP contribution < -0.4 is 5.32 Å². The Labute approximate surface area is 143 Å². The van der Waals surface area contributed by atoms with Crippen LogP contribution in [-0.4, -0.2) is 30.3 Å². The Morgan fingerprint density at radius 2 is 2.17 bits per heavy atom. The van der Waals surface area contributed by atoms with Crippen LogP contribution in [0.15, 0.2) is 35.7 Å². The summed E-state index contributed by atoms with van der Waals surface area (Å²) >= 11 is 7.41. The lowest BCUT2D eigenvalue weighted by Crippen LogP contribution is -2.27. The van der Waals surface area contributed by atoms with Gasteiger partial charge in [-0.25, -0.2) is 0 Å². The first-order valence-corrected chi connectivity index (χ1v) is 8.05. The monoisotopic (exact) mass is 347 g/mol. The molecule has 1 heterocycles. The molecule has 7 heteroatoms. The third-order valence-corrected chi connectivity index (χ3v) is 4.31. The number of rotatable bonds is 5. The van der Waals surface area contributed by atoms with E-state index in [4.69, 9.17) is 16.9 Å². The average Bonchev–Trinajstić information content (AvgIpc) is 3.08. The summed E-state index contributed by atoms with van der Waals surface area (Å²) in [6.07, 6.45) is 0.262. The number of nitriles is 1. The topological polar surface area (TPSA) is 73.2 Å². The Kier molecular flexibility index (Phi) is 5.74. The van der Waals surface area contributed by atoms with Gasteiger partial charge in [0.15, 0.2) is 0 Å². The molecular formula is C16H14ClN3O2S. The van der Waals surface area contributed by atoms with Crippen LogP contribution in [0.5, 0.6) is 0 Å².